The van der Waals surface area contributed by atoms with E-state index in [0.717, 1.165) is 5.56 Å². The van der Waals surface area contributed by atoms with Crippen LogP contribution in [0.15, 0.2) is 30.3 Å². The van der Waals surface area contributed by atoms with Crippen molar-refractivity contribution in [2.45, 2.75) is 19.1 Å². The van der Waals surface area contributed by atoms with E-state index in [9.17, 15) is 18.0 Å². The summed E-state index contributed by atoms with van der Waals surface area (Å²) in [7, 11) is 0. The van der Waals surface area contributed by atoms with Crippen molar-refractivity contribution in [2.24, 2.45) is 0 Å². The topological polar surface area (TPSA) is 41.1 Å². The van der Waals surface area contributed by atoms with E-state index in [2.05, 4.69) is 10.6 Å². The molecule has 17 heavy (non-hydrogen) atoms. The molecule has 2 N–H and O–H groups in total. The molecule has 0 aliphatic carbocycles. The van der Waals surface area contributed by atoms with Gasteiger partial charge in [-0.25, -0.2) is 4.79 Å². The van der Waals surface area contributed by atoms with Gasteiger partial charge in [-0.1, -0.05) is 30.3 Å². The molecule has 1 rings (SSSR count). The summed E-state index contributed by atoms with van der Waals surface area (Å²) in [5.74, 6) is 0. The largest absolute Gasteiger partial charge is 0.390 e. The van der Waals surface area contributed by atoms with Crippen LogP contribution in [0, 0.1) is 0 Å². The number of hydrogen-bond donors (Lipinski definition) is 2. The van der Waals surface area contributed by atoms with Crippen molar-refractivity contribution in [1.82, 2.24) is 10.6 Å². The highest BCUT2D eigenvalue weighted by Crippen LogP contribution is 2.17. The summed E-state index contributed by atoms with van der Waals surface area (Å²) in [5, 5.41) is 4.61. The summed E-state index contributed by atoms with van der Waals surface area (Å²) in [5.41, 5.74) is 0.887. The van der Waals surface area contributed by atoms with Crippen LogP contribution in [0.25, 0.3) is 0 Å². The van der Waals surface area contributed by atoms with Crippen LogP contribution >= 0.6 is 0 Å². The van der Waals surface area contributed by atoms with E-state index >= 15 is 0 Å². The Labute approximate surface area is 97.0 Å². The molecule has 0 radical (unpaired) electrons. The second kappa shape index (κ2) is 6.12. The lowest BCUT2D eigenvalue weighted by Gasteiger charge is -2.09. The van der Waals surface area contributed by atoms with Crippen molar-refractivity contribution in [3.63, 3.8) is 0 Å². The lowest BCUT2D eigenvalue weighted by molar-refractivity contribution is -0.132. The van der Waals surface area contributed by atoms with E-state index < -0.39 is 25.2 Å². The first-order valence-electron chi connectivity index (χ1n) is 5.10. The van der Waals surface area contributed by atoms with Gasteiger partial charge < -0.3 is 10.6 Å². The van der Waals surface area contributed by atoms with E-state index in [-0.39, 0.29) is 0 Å². The van der Waals surface area contributed by atoms with Gasteiger partial charge in [0.15, 0.2) is 0 Å². The second-order valence-electron chi connectivity index (χ2n) is 3.46. The minimum absolute atomic E-state index is 0.290. The minimum Gasteiger partial charge on any atom is -0.338 e. The summed E-state index contributed by atoms with van der Waals surface area (Å²) in [6.07, 6.45) is -5.27. The van der Waals surface area contributed by atoms with Crippen molar-refractivity contribution < 1.29 is 18.0 Å². The van der Waals surface area contributed by atoms with Crippen molar-refractivity contribution in [3.05, 3.63) is 35.9 Å². The van der Waals surface area contributed by atoms with Crippen molar-refractivity contribution in [2.75, 3.05) is 6.54 Å². The van der Waals surface area contributed by atoms with Crippen LogP contribution in [0.2, 0.25) is 0 Å². The maximum atomic E-state index is 11.8. The molecular formula is C11H13F3N2O. The number of halogens is 3. The molecule has 1 aromatic rings. The van der Waals surface area contributed by atoms with Crippen LogP contribution in [0.1, 0.15) is 12.0 Å². The van der Waals surface area contributed by atoms with Gasteiger partial charge in [0.2, 0.25) is 0 Å². The van der Waals surface area contributed by atoms with E-state index in [0.29, 0.717) is 6.54 Å². The summed E-state index contributed by atoms with van der Waals surface area (Å²) in [4.78, 5) is 11.1. The Hall–Kier alpha value is -1.72. The normalized spacial score (nSPS) is 11.0. The average molecular weight is 246 g/mol. The first-order chi connectivity index (χ1) is 7.97. The van der Waals surface area contributed by atoms with Crippen molar-refractivity contribution in [1.29, 1.82) is 0 Å². The zero-order chi connectivity index (χ0) is 12.7. The Morgan fingerprint density at radius 2 is 1.76 bits per heavy atom. The van der Waals surface area contributed by atoms with Gasteiger partial charge in [-0.05, 0) is 5.56 Å². The maximum absolute atomic E-state index is 11.8. The summed E-state index contributed by atoms with van der Waals surface area (Å²) in [6, 6.07) is 8.51. The molecule has 0 atom stereocenters. The number of urea groups is 1. The molecule has 0 aromatic heterocycles. The fourth-order valence-corrected chi connectivity index (χ4v) is 1.16. The summed E-state index contributed by atoms with van der Waals surface area (Å²) >= 11 is 0. The number of carbonyl (C=O) groups excluding carboxylic acids is 1. The molecule has 0 heterocycles. The van der Waals surface area contributed by atoms with E-state index in [1.807, 2.05) is 30.3 Å². The summed E-state index contributed by atoms with van der Waals surface area (Å²) < 4.78 is 35.4. The minimum atomic E-state index is -4.24. The zero-order valence-electron chi connectivity index (χ0n) is 9.05. The van der Waals surface area contributed by atoms with Crippen LogP contribution in [0.3, 0.4) is 0 Å². The molecule has 3 nitrogen and oxygen atoms in total. The number of carbonyl (C=O) groups is 1. The highest BCUT2D eigenvalue weighted by atomic mass is 19.4. The molecule has 0 aliphatic rings. The van der Waals surface area contributed by atoms with Gasteiger partial charge in [0.25, 0.3) is 0 Å². The Morgan fingerprint density at radius 1 is 1.12 bits per heavy atom. The van der Waals surface area contributed by atoms with Gasteiger partial charge in [-0.2, -0.15) is 13.2 Å². The molecule has 1 aromatic carbocycles. The Bertz CT molecular complexity index is 351. The van der Waals surface area contributed by atoms with Gasteiger partial charge in [-0.15, -0.1) is 0 Å². The second-order valence-corrected chi connectivity index (χ2v) is 3.46. The van der Waals surface area contributed by atoms with Gasteiger partial charge in [0.05, 0.1) is 6.42 Å². The van der Waals surface area contributed by atoms with Crippen LogP contribution < -0.4 is 10.6 Å². The molecule has 0 fully saturated rings. The summed E-state index contributed by atoms with van der Waals surface area (Å²) in [6.45, 7) is -0.122. The predicted molar refractivity (Wildman–Crippen MR) is 57.4 cm³/mol. The Morgan fingerprint density at radius 3 is 2.35 bits per heavy atom. The lowest BCUT2D eigenvalue weighted by atomic mass is 10.2. The van der Waals surface area contributed by atoms with Crippen LogP contribution in [0.5, 0.6) is 0 Å². The molecule has 0 bridgehead atoms. The van der Waals surface area contributed by atoms with E-state index in [1.54, 1.807) is 0 Å². The molecule has 0 saturated heterocycles. The molecule has 2 amide bonds. The number of benzene rings is 1. The molecule has 0 unspecified atom stereocenters. The van der Waals surface area contributed by atoms with Gasteiger partial charge in [0, 0.05) is 13.1 Å². The van der Waals surface area contributed by atoms with Gasteiger partial charge in [0.1, 0.15) is 0 Å². The predicted octanol–water partition coefficient (Wildman–Crippen LogP) is 2.44. The standard InChI is InChI=1S/C11H13F3N2O/c12-11(13,14)6-7-15-10(17)16-8-9-4-2-1-3-5-9/h1-5H,6-8H2,(H2,15,16,17). The first kappa shape index (κ1) is 13.3. The smallest absolute Gasteiger partial charge is 0.338 e. The van der Waals surface area contributed by atoms with Crippen LogP contribution in [-0.2, 0) is 6.54 Å². The van der Waals surface area contributed by atoms with E-state index in [4.69, 9.17) is 0 Å². The quantitative estimate of drug-likeness (QED) is 0.841. The zero-order valence-corrected chi connectivity index (χ0v) is 9.05. The van der Waals surface area contributed by atoms with Crippen molar-refractivity contribution in [3.8, 4) is 0 Å². The molecule has 0 spiro atoms. The average Bonchev–Trinajstić information content (AvgIpc) is 2.26. The Balaban J connectivity index is 2.18. The maximum Gasteiger partial charge on any atom is 0.390 e. The fourth-order valence-electron chi connectivity index (χ4n) is 1.16. The SMILES string of the molecule is O=C(NCCC(F)(F)F)NCc1ccccc1. The lowest BCUT2D eigenvalue weighted by Crippen LogP contribution is -2.36. The number of rotatable bonds is 4. The molecule has 0 aliphatic heterocycles. The van der Waals surface area contributed by atoms with Crippen molar-refractivity contribution >= 4 is 6.03 Å². The number of hydrogen-bond acceptors (Lipinski definition) is 1. The molecule has 0 saturated carbocycles. The molecule has 6 heteroatoms. The van der Waals surface area contributed by atoms with Gasteiger partial charge in [-0.3, -0.25) is 0 Å². The Kier molecular flexibility index (Phi) is 4.81. The highest BCUT2D eigenvalue weighted by molar-refractivity contribution is 5.73. The number of alkyl halides is 3. The highest BCUT2D eigenvalue weighted by Gasteiger charge is 2.26. The molecule has 94 valence electrons. The van der Waals surface area contributed by atoms with Crippen LogP contribution in [-0.4, -0.2) is 18.8 Å². The fraction of sp³-hybridized carbons (Fsp3) is 0.364. The monoisotopic (exact) mass is 246 g/mol. The van der Waals surface area contributed by atoms with Crippen LogP contribution in [0.4, 0.5) is 18.0 Å². The van der Waals surface area contributed by atoms with E-state index in [1.165, 1.54) is 0 Å². The third-order valence-corrected chi connectivity index (χ3v) is 1.99. The van der Waals surface area contributed by atoms with Gasteiger partial charge >= 0.3 is 12.2 Å². The number of nitrogens with one attached hydrogen (secondary N) is 2. The third-order valence-electron chi connectivity index (χ3n) is 1.99. The first-order valence-corrected chi connectivity index (χ1v) is 5.10. The molecular weight excluding hydrogens is 233 g/mol. The number of amides is 2. The third kappa shape index (κ3) is 6.44.